The summed E-state index contributed by atoms with van der Waals surface area (Å²) in [4.78, 5) is 29.8. The third kappa shape index (κ3) is 4.59. The van der Waals surface area contributed by atoms with Crippen molar-refractivity contribution in [1.82, 2.24) is 15.2 Å². The number of aliphatic hydroxyl groups is 2. The third-order valence-corrected chi connectivity index (χ3v) is 6.11. The quantitative estimate of drug-likeness (QED) is 0.476. The molecule has 4 rings (SSSR count). The molecule has 2 aromatic heterocycles. The van der Waals surface area contributed by atoms with Crippen molar-refractivity contribution in [2.45, 2.75) is 24.7 Å². The first-order valence-electron chi connectivity index (χ1n) is 9.34. The number of amides is 2. The molecule has 30 heavy (non-hydrogen) atoms. The number of likely N-dealkylation sites (tertiary alicyclic amines) is 1. The number of hydrogen-bond donors (Lipinski definition) is 4. The topological polar surface area (TPSA) is 115 Å². The first-order chi connectivity index (χ1) is 14.4. The van der Waals surface area contributed by atoms with E-state index in [0.29, 0.717) is 4.34 Å². The number of benzene rings is 1. The molecule has 0 spiro atoms. The van der Waals surface area contributed by atoms with Crippen LogP contribution in [0.2, 0.25) is 4.34 Å². The van der Waals surface area contributed by atoms with Crippen LogP contribution in [0.1, 0.15) is 5.56 Å². The van der Waals surface area contributed by atoms with Gasteiger partial charge in [-0.1, -0.05) is 41.9 Å². The zero-order valence-corrected chi connectivity index (χ0v) is 17.3. The maximum absolute atomic E-state index is 13.0. The van der Waals surface area contributed by atoms with Crippen molar-refractivity contribution in [2.24, 2.45) is 0 Å². The molecule has 0 radical (unpaired) electrons. The molecule has 0 bridgehead atoms. The SMILES string of the molecule is O=C(N[C@@H](Cc1ccccc1)C(=O)N1C[C@@H](O)[C@@H](O)C1)Oc1cc2sc(Cl)cc2[nH]1. The molecule has 0 unspecified atom stereocenters. The molecule has 1 fully saturated rings. The summed E-state index contributed by atoms with van der Waals surface area (Å²) < 4.78 is 6.78. The maximum atomic E-state index is 13.0. The number of H-pyrrole nitrogens is 1. The summed E-state index contributed by atoms with van der Waals surface area (Å²) in [7, 11) is 0. The number of hydrogen-bond acceptors (Lipinski definition) is 6. The summed E-state index contributed by atoms with van der Waals surface area (Å²) in [5, 5.41) is 22.1. The molecule has 158 valence electrons. The number of carbonyl (C=O) groups excluding carboxylic acids is 2. The van der Waals surface area contributed by atoms with Crippen LogP contribution in [0.4, 0.5) is 4.79 Å². The highest BCUT2D eigenvalue weighted by molar-refractivity contribution is 7.22. The summed E-state index contributed by atoms with van der Waals surface area (Å²) in [6.45, 7) is 0.0192. The Labute approximate surface area is 181 Å². The fourth-order valence-corrected chi connectivity index (χ4v) is 4.54. The second-order valence-electron chi connectivity index (χ2n) is 7.12. The molecule has 1 saturated heterocycles. The number of carbonyl (C=O) groups is 2. The lowest BCUT2D eigenvalue weighted by atomic mass is 10.1. The Kier molecular flexibility index (Phi) is 5.96. The van der Waals surface area contributed by atoms with Gasteiger partial charge >= 0.3 is 6.09 Å². The van der Waals surface area contributed by atoms with E-state index in [-0.39, 0.29) is 25.4 Å². The molecular weight excluding hydrogens is 430 g/mol. The lowest BCUT2D eigenvalue weighted by Crippen LogP contribution is -2.50. The van der Waals surface area contributed by atoms with Crippen molar-refractivity contribution in [3.05, 3.63) is 52.4 Å². The van der Waals surface area contributed by atoms with Crippen LogP contribution in [-0.2, 0) is 11.2 Å². The Balaban J connectivity index is 1.47. The van der Waals surface area contributed by atoms with Crippen LogP contribution in [-0.4, -0.2) is 63.4 Å². The number of rotatable bonds is 5. The summed E-state index contributed by atoms with van der Waals surface area (Å²) in [6.07, 6.45) is -2.55. The van der Waals surface area contributed by atoms with Gasteiger partial charge in [-0.25, -0.2) is 4.79 Å². The standard InChI is InChI=1S/C20H20ClN3O5S/c21-17-7-12-16(30-17)8-18(22-12)29-20(28)23-13(6-11-4-2-1-3-5-11)19(27)24-9-14(25)15(26)10-24/h1-5,7-8,13-15,22,25-26H,6,9-10H2,(H,23,28)/t13-,14-,15+/m0/s1. The van der Waals surface area contributed by atoms with Crippen molar-refractivity contribution in [3.8, 4) is 5.88 Å². The third-order valence-electron chi connectivity index (χ3n) is 4.90. The second kappa shape index (κ2) is 8.65. The van der Waals surface area contributed by atoms with E-state index in [9.17, 15) is 19.8 Å². The lowest BCUT2D eigenvalue weighted by Gasteiger charge is -2.24. The van der Waals surface area contributed by atoms with Gasteiger partial charge in [-0.3, -0.25) is 4.79 Å². The molecule has 2 amide bonds. The molecule has 3 atom stereocenters. The van der Waals surface area contributed by atoms with Gasteiger partial charge < -0.3 is 30.2 Å². The van der Waals surface area contributed by atoms with Crippen molar-refractivity contribution in [2.75, 3.05) is 13.1 Å². The molecule has 8 nitrogen and oxygen atoms in total. The van der Waals surface area contributed by atoms with Crippen molar-refractivity contribution in [1.29, 1.82) is 0 Å². The molecule has 0 saturated carbocycles. The van der Waals surface area contributed by atoms with Gasteiger partial charge in [-0.2, -0.15) is 0 Å². The molecule has 1 aromatic carbocycles. The fourth-order valence-electron chi connectivity index (χ4n) is 3.41. The highest BCUT2D eigenvalue weighted by Gasteiger charge is 2.36. The number of fused-ring (bicyclic) bond motifs is 1. The summed E-state index contributed by atoms with van der Waals surface area (Å²) >= 11 is 7.30. The number of nitrogens with one attached hydrogen (secondary N) is 2. The molecule has 1 aliphatic heterocycles. The Morgan fingerprint density at radius 3 is 2.60 bits per heavy atom. The second-order valence-corrected chi connectivity index (χ2v) is 8.83. The molecule has 3 heterocycles. The normalized spacial score (nSPS) is 19.8. The zero-order chi connectivity index (χ0) is 21.3. The number of β-amino-alcohol motifs (C(OH)–C–C–N with tert-alkyl or cyclic N) is 2. The van der Waals surface area contributed by atoms with Crippen LogP contribution in [0.15, 0.2) is 42.5 Å². The van der Waals surface area contributed by atoms with Crippen LogP contribution < -0.4 is 10.1 Å². The molecule has 3 aromatic rings. The van der Waals surface area contributed by atoms with Gasteiger partial charge in [0.15, 0.2) is 0 Å². The highest BCUT2D eigenvalue weighted by Crippen LogP contribution is 2.32. The Hall–Kier alpha value is -2.59. The average molecular weight is 450 g/mol. The van der Waals surface area contributed by atoms with Gasteiger partial charge in [0.2, 0.25) is 11.8 Å². The van der Waals surface area contributed by atoms with Gasteiger partial charge in [0.05, 0.1) is 26.8 Å². The van der Waals surface area contributed by atoms with Crippen molar-refractivity contribution in [3.63, 3.8) is 0 Å². The molecule has 0 aliphatic carbocycles. The van der Waals surface area contributed by atoms with E-state index in [4.69, 9.17) is 16.3 Å². The number of halogens is 1. The number of aliphatic hydroxyl groups excluding tert-OH is 2. The maximum Gasteiger partial charge on any atom is 0.414 e. The van der Waals surface area contributed by atoms with Crippen LogP contribution >= 0.6 is 22.9 Å². The van der Waals surface area contributed by atoms with Crippen LogP contribution in [0.3, 0.4) is 0 Å². The highest BCUT2D eigenvalue weighted by atomic mass is 35.5. The number of aromatic amines is 1. The monoisotopic (exact) mass is 449 g/mol. The number of ether oxygens (including phenoxy) is 1. The summed E-state index contributed by atoms with van der Waals surface area (Å²) in [6, 6.07) is 11.7. The Bertz CT molecular complexity index is 1010. The minimum atomic E-state index is -1.00. The Morgan fingerprint density at radius 1 is 1.23 bits per heavy atom. The molecule has 1 aliphatic rings. The lowest BCUT2D eigenvalue weighted by molar-refractivity contribution is -0.132. The molecule has 4 N–H and O–H groups in total. The molecular formula is C20H20ClN3O5S. The Morgan fingerprint density at radius 2 is 1.93 bits per heavy atom. The van der Waals surface area contributed by atoms with Gasteiger partial charge in [0.1, 0.15) is 6.04 Å². The summed E-state index contributed by atoms with van der Waals surface area (Å²) in [5.41, 5.74) is 1.61. The van der Waals surface area contributed by atoms with E-state index in [1.54, 1.807) is 12.1 Å². The minimum Gasteiger partial charge on any atom is -0.393 e. The number of aromatic nitrogens is 1. The van der Waals surface area contributed by atoms with Gasteiger partial charge in [0.25, 0.3) is 0 Å². The van der Waals surface area contributed by atoms with Crippen molar-refractivity contribution >= 4 is 45.2 Å². The van der Waals surface area contributed by atoms with Crippen LogP contribution in [0.5, 0.6) is 5.88 Å². The smallest absolute Gasteiger partial charge is 0.393 e. The van der Waals surface area contributed by atoms with E-state index >= 15 is 0 Å². The van der Waals surface area contributed by atoms with E-state index in [1.807, 2.05) is 30.3 Å². The average Bonchev–Trinajstić information content (AvgIpc) is 3.34. The van der Waals surface area contributed by atoms with Crippen LogP contribution in [0.25, 0.3) is 10.2 Å². The van der Waals surface area contributed by atoms with Gasteiger partial charge in [0, 0.05) is 25.6 Å². The summed E-state index contributed by atoms with van der Waals surface area (Å²) in [5.74, 6) is -0.158. The van der Waals surface area contributed by atoms with Crippen molar-refractivity contribution < 1.29 is 24.5 Å². The number of thiophene rings is 1. The molecule has 10 heteroatoms. The van der Waals surface area contributed by atoms with E-state index in [2.05, 4.69) is 10.3 Å². The van der Waals surface area contributed by atoms with E-state index in [1.165, 1.54) is 16.2 Å². The van der Waals surface area contributed by atoms with E-state index < -0.39 is 30.3 Å². The number of nitrogens with zero attached hydrogens (tertiary/aromatic N) is 1. The largest absolute Gasteiger partial charge is 0.414 e. The first-order valence-corrected chi connectivity index (χ1v) is 10.5. The fraction of sp³-hybridized carbons (Fsp3) is 0.300. The zero-order valence-electron chi connectivity index (χ0n) is 15.7. The van der Waals surface area contributed by atoms with Gasteiger partial charge in [-0.15, -0.1) is 11.3 Å². The van der Waals surface area contributed by atoms with Gasteiger partial charge in [-0.05, 0) is 11.6 Å². The first kappa shape index (κ1) is 20.7. The predicted octanol–water partition coefficient (Wildman–Crippen LogP) is 2.15. The van der Waals surface area contributed by atoms with Crippen LogP contribution in [0, 0.1) is 0 Å². The predicted molar refractivity (Wildman–Crippen MR) is 113 cm³/mol. The minimum absolute atomic E-state index is 0.00961. The van der Waals surface area contributed by atoms with E-state index in [0.717, 1.165) is 15.8 Å².